The van der Waals surface area contributed by atoms with Crippen LogP contribution in [-0.4, -0.2) is 49.8 Å². The van der Waals surface area contributed by atoms with Gasteiger partial charge in [0.2, 0.25) is 0 Å². The van der Waals surface area contributed by atoms with Crippen molar-refractivity contribution in [2.45, 2.75) is 51.7 Å². The molecule has 3 atom stereocenters. The molecule has 2 fully saturated rings. The van der Waals surface area contributed by atoms with Crippen LogP contribution in [0, 0.1) is 5.92 Å². The molecule has 2 aliphatic heterocycles. The first-order valence-corrected chi connectivity index (χ1v) is 7.37. The van der Waals surface area contributed by atoms with Crippen molar-refractivity contribution in [2.75, 3.05) is 32.8 Å². The van der Waals surface area contributed by atoms with Gasteiger partial charge in [-0.2, -0.15) is 0 Å². The van der Waals surface area contributed by atoms with Gasteiger partial charge in [0, 0.05) is 25.7 Å². The van der Waals surface area contributed by atoms with E-state index in [9.17, 15) is 0 Å². The van der Waals surface area contributed by atoms with Crippen LogP contribution in [0.2, 0.25) is 0 Å². The lowest BCUT2D eigenvalue weighted by molar-refractivity contribution is -0.0228. The molecular weight excluding hydrogens is 212 g/mol. The molecule has 2 heterocycles. The summed E-state index contributed by atoms with van der Waals surface area (Å²) in [5, 5.41) is 3.54. The SMILES string of the molecule is CCCOC1CCCN(C2CNCCC2C)C1. The number of nitrogens with zero attached hydrogens (tertiary/aromatic N) is 1. The molecule has 100 valence electrons. The highest BCUT2D eigenvalue weighted by molar-refractivity contribution is 4.87. The van der Waals surface area contributed by atoms with E-state index in [1.165, 1.54) is 38.9 Å². The number of piperidine rings is 2. The highest BCUT2D eigenvalue weighted by Crippen LogP contribution is 2.22. The van der Waals surface area contributed by atoms with Crippen molar-refractivity contribution in [3.05, 3.63) is 0 Å². The second-order valence-corrected chi connectivity index (χ2v) is 5.67. The van der Waals surface area contributed by atoms with Gasteiger partial charge in [-0.3, -0.25) is 4.90 Å². The number of hydrogen-bond donors (Lipinski definition) is 1. The van der Waals surface area contributed by atoms with Gasteiger partial charge in [0.05, 0.1) is 6.10 Å². The van der Waals surface area contributed by atoms with Gasteiger partial charge in [-0.1, -0.05) is 13.8 Å². The number of likely N-dealkylation sites (tertiary alicyclic amines) is 1. The van der Waals surface area contributed by atoms with Crippen molar-refractivity contribution < 1.29 is 4.74 Å². The van der Waals surface area contributed by atoms with E-state index in [-0.39, 0.29) is 0 Å². The number of ether oxygens (including phenoxy) is 1. The molecular formula is C14H28N2O. The van der Waals surface area contributed by atoms with Crippen molar-refractivity contribution in [3.63, 3.8) is 0 Å². The first-order valence-electron chi connectivity index (χ1n) is 7.37. The highest BCUT2D eigenvalue weighted by Gasteiger charge is 2.30. The Balaban J connectivity index is 1.83. The van der Waals surface area contributed by atoms with Crippen LogP contribution in [0.4, 0.5) is 0 Å². The fraction of sp³-hybridized carbons (Fsp3) is 1.00. The van der Waals surface area contributed by atoms with Crippen molar-refractivity contribution in [1.29, 1.82) is 0 Å². The molecule has 3 unspecified atom stereocenters. The van der Waals surface area contributed by atoms with Crippen LogP contribution in [0.5, 0.6) is 0 Å². The van der Waals surface area contributed by atoms with Crippen LogP contribution in [-0.2, 0) is 4.74 Å². The minimum atomic E-state index is 0.484. The average molecular weight is 240 g/mol. The average Bonchev–Trinajstić information content (AvgIpc) is 2.37. The number of nitrogens with one attached hydrogen (secondary N) is 1. The van der Waals surface area contributed by atoms with Crippen molar-refractivity contribution >= 4 is 0 Å². The summed E-state index contributed by atoms with van der Waals surface area (Å²) in [6.45, 7) is 10.3. The second-order valence-electron chi connectivity index (χ2n) is 5.67. The molecule has 0 bridgehead atoms. The number of rotatable bonds is 4. The minimum absolute atomic E-state index is 0.484. The zero-order valence-electron chi connectivity index (χ0n) is 11.5. The molecule has 0 radical (unpaired) electrons. The first-order chi connectivity index (χ1) is 8.31. The molecule has 0 spiro atoms. The Morgan fingerprint density at radius 2 is 2.24 bits per heavy atom. The molecule has 0 amide bonds. The monoisotopic (exact) mass is 240 g/mol. The smallest absolute Gasteiger partial charge is 0.0702 e. The summed E-state index contributed by atoms with van der Waals surface area (Å²) < 4.78 is 5.93. The largest absolute Gasteiger partial charge is 0.377 e. The van der Waals surface area contributed by atoms with Crippen LogP contribution in [0.3, 0.4) is 0 Å². The molecule has 3 heteroatoms. The van der Waals surface area contributed by atoms with Crippen LogP contribution >= 0.6 is 0 Å². The van der Waals surface area contributed by atoms with Gasteiger partial charge in [-0.05, 0) is 44.7 Å². The zero-order valence-corrected chi connectivity index (χ0v) is 11.5. The summed E-state index contributed by atoms with van der Waals surface area (Å²) >= 11 is 0. The van der Waals surface area contributed by atoms with E-state index in [0.717, 1.165) is 31.5 Å². The van der Waals surface area contributed by atoms with Gasteiger partial charge in [0.15, 0.2) is 0 Å². The predicted octanol–water partition coefficient (Wildman–Crippen LogP) is 1.88. The molecule has 2 saturated heterocycles. The van der Waals surface area contributed by atoms with Gasteiger partial charge in [-0.25, -0.2) is 0 Å². The van der Waals surface area contributed by atoms with E-state index in [2.05, 4.69) is 24.1 Å². The minimum Gasteiger partial charge on any atom is -0.377 e. The third kappa shape index (κ3) is 3.67. The maximum Gasteiger partial charge on any atom is 0.0702 e. The lowest BCUT2D eigenvalue weighted by Gasteiger charge is -2.43. The van der Waals surface area contributed by atoms with Crippen LogP contribution in [0.1, 0.15) is 39.5 Å². The van der Waals surface area contributed by atoms with E-state index in [1.807, 2.05) is 0 Å². The van der Waals surface area contributed by atoms with Crippen molar-refractivity contribution in [3.8, 4) is 0 Å². The van der Waals surface area contributed by atoms with Crippen LogP contribution < -0.4 is 5.32 Å². The van der Waals surface area contributed by atoms with E-state index in [0.29, 0.717) is 6.10 Å². The normalized spacial score (nSPS) is 36.0. The maximum atomic E-state index is 5.93. The molecule has 0 saturated carbocycles. The maximum absolute atomic E-state index is 5.93. The Morgan fingerprint density at radius 1 is 1.35 bits per heavy atom. The second kappa shape index (κ2) is 6.72. The standard InChI is InChI=1S/C14H28N2O/c1-3-9-17-13-5-4-8-16(11-13)14-10-15-7-6-12(14)2/h12-15H,3-11H2,1-2H3. The Kier molecular flexibility index (Phi) is 5.26. The zero-order chi connectivity index (χ0) is 12.1. The third-order valence-corrected chi connectivity index (χ3v) is 4.22. The van der Waals surface area contributed by atoms with Gasteiger partial charge in [0.1, 0.15) is 0 Å². The molecule has 0 aliphatic carbocycles. The molecule has 0 aromatic carbocycles. The number of hydrogen-bond acceptors (Lipinski definition) is 3. The summed E-state index contributed by atoms with van der Waals surface area (Å²) in [5.74, 6) is 0.834. The Labute approximate surface area is 106 Å². The lowest BCUT2D eigenvalue weighted by atomic mass is 9.91. The highest BCUT2D eigenvalue weighted by atomic mass is 16.5. The predicted molar refractivity (Wildman–Crippen MR) is 71.3 cm³/mol. The van der Waals surface area contributed by atoms with Gasteiger partial charge < -0.3 is 10.1 Å². The molecule has 0 aromatic heterocycles. The van der Waals surface area contributed by atoms with Crippen LogP contribution in [0.25, 0.3) is 0 Å². The lowest BCUT2D eigenvalue weighted by Crippen LogP contribution is -2.54. The van der Waals surface area contributed by atoms with Gasteiger partial charge in [0.25, 0.3) is 0 Å². The van der Waals surface area contributed by atoms with E-state index >= 15 is 0 Å². The van der Waals surface area contributed by atoms with Crippen LogP contribution in [0.15, 0.2) is 0 Å². The Morgan fingerprint density at radius 3 is 3.00 bits per heavy atom. The van der Waals surface area contributed by atoms with E-state index < -0.39 is 0 Å². The fourth-order valence-electron chi connectivity index (χ4n) is 3.15. The molecule has 17 heavy (non-hydrogen) atoms. The van der Waals surface area contributed by atoms with E-state index in [1.54, 1.807) is 0 Å². The Bertz CT molecular complexity index is 222. The summed E-state index contributed by atoms with van der Waals surface area (Å²) in [4.78, 5) is 2.67. The van der Waals surface area contributed by atoms with Gasteiger partial charge in [-0.15, -0.1) is 0 Å². The summed E-state index contributed by atoms with van der Waals surface area (Å²) in [6.07, 6.45) is 5.50. The Hall–Kier alpha value is -0.120. The molecule has 3 nitrogen and oxygen atoms in total. The van der Waals surface area contributed by atoms with Crippen molar-refractivity contribution in [2.24, 2.45) is 5.92 Å². The summed E-state index contributed by atoms with van der Waals surface area (Å²) in [5.41, 5.74) is 0. The summed E-state index contributed by atoms with van der Waals surface area (Å²) in [6, 6.07) is 0.733. The topological polar surface area (TPSA) is 24.5 Å². The molecule has 2 rings (SSSR count). The molecule has 0 aromatic rings. The fourth-order valence-corrected chi connectivity index (χ4v) is 3.15. The van der Waals surface area contributed by atoms with E-state index in [4.69, 9.17) is 4.74 Å². The molecule has 2 aliphatic rings. The molecule has 1 N–H and O–H groups in total. The quantitative estimate of drug-likeness (QED) is 0.812. The first kappa shape index (κ1) is 13.3. The third-order valence-electron chi connectivity index (χ3n) is 4.22. The van der Waals surface area contributed by atoms with Gasteiger partial charge >= 0.3 is 0 Å². The van der Waals surface area contributed by atoms with Crippen molar-refractivity contribution in [1.82, 2.24) is 10.2 Å². The summed E-state index contributed by atoms with van der Waals surface area (Å²) in [7, 11) is 0.